The SMILES string of the molecule is N[C@@H](CCCC[C@@H]1CN(Cc2c[nH]c3c(=O)[nH]cnc23)C[C@H]1O)C(=O)O. The molecule has 3 heterocycles. The van der Waals surface area contributed by atoms with E-state index in [1.165, 1.54) is 6.33 Å². The third kappa shape index (κ3) is 4.12. The summed E-state index contributed by atoms with van der Waals surface area (Å²) in [4.78, 5) is 34.3. The first kappa shape index (κ1) is 18.6. The molecule has 0 aliphatic carbocycles. The molecule has 0 unspecified atom stereocenters. The van der Waals surface area contributed by atoms with Gasteiger partial charge in [0.25, 0.3) is 5.56 Å². The summed E-state index contributed by atoms with van der Waals surface area (Å²) in [5.74, 6) is -0.805. The number of β-amino-alcohol motifs (C(OH)–C–C–N with tert-alkyl or cyclic N) is 1. The minimum Gasteiger partial charge on any atom is -0.480 e. The number of aromatic amines is 2. The van der Waals surface area contributed by atoms with Crippen molar-refractivity contribution in [3.05, 3.63) is 28.4 Å². The third-order valence-electron chi connectivity index (χ3n) is 5.08. The van der Waals surface area contributed by atoms with Gasteiger partial charge in [0.05, 0.1) is 17.9 Å². The second-order valence-corrected chi connectivity index (χ2v) is 7.02. The monoisotopic (exact) mass is 363 g/mol. The van der Waals surface area contributed by atoms with Crippen molar-refractivity contribution in [2.45, 2.75) is 44.4 Å². The van der Waals surface area contributed by atoms with Crippen LogP contribution in [0.2, 0.25) is 0 Å². The Bertz CT molecular complexity index is 817. The molecule has 1 fully saturated rings. The highest BCUT2D eigenvalue weighted by Gasteiger charge is 2.31. The Morgan fingerprint density at radius 1 is 1.38 bits per heavy atom. The summed E-state index contributed by atoms with van der Waals surface area (Å²) in [6.45, 7) is 1.96. The van der Waals surface area contributed by atoms with Crippen molar-refractivity contribution in [3.8, 4) is 0 Å². The standard InChI is InChI=1S/C17H25N5O4/c18-12(17(25)26)4-2-1-3-10-6-22(8-13(10)23)7-11-5-19-15-14(11)20-9-21-16(15)24/h5,9-10,12-13,19,23H,1-4,6-8,18H2,(H,25,26)(H,20,21,24)/t10-,12+,13-/m1/s1. The lowest BCUT2D eigenvalue weighted by atomic mass is 9.97. The molecule has 6 N–H and O–H groups in total. The summed E-state index contributed by atoms with van der Waals surface area (Å²) >= 11 is 0. The van der Waals surface area contributed by atoms with Crippen LogP contribution in [0.1, 0.15) is 31.2 Å². The molecule has 1 aliphatic heterocycles. The van der Waals surface area contributed by atoms with Gasteiger partial charge in [-0.15, -0.1) is 0 Å². The fraction of sp³-hybridized carbons (Fsp3) is 0.588. The van der Waals surface area contributed by atoms with E-state index in [0.717, 1.165) is 31.4 Å². The molecule has 1 aliphatic rings. The Morgan fingerprint density at radius 2 is 2.19 bits per heavy atom. The van der Waals surface area contributed by atoms with Gasteiger partial charge in [0, 0.05) is 31.4 Å². The second kappa shape index (κ2) is 7.98. The van der Waals surface area contributed by atoms with E-state index in [1.807, 2.05) is 0 Å². The zero-order valence-corrected chi connectivity index (χ0v) is 14.5. The normalized spacial score (nSPS) is 22.1. The Balaban J connectivity index is 1.51. The minimum atomic E-state index is -0.969. The van der Waals surface area contributed by atoms with Gasteiger partial charge in [0.1, 0.15) is 11.6 Å². The van der Waals surface area contributed by atoms with Gasteiger partial charge in [-0.25, -0.2) is 4.98 Å². The van der Waals surface area contributed by atoms with Gasteiger partial charge in [-0.05, 0) is 18.8 Å². The summed E-state index contributed by atoms with van der Waals surface area (Å²) in [7, 11) is 0. The van der Waals surface area contributed by atoms with Crippen LogP contribution in [0.15, 0.2) is 17.3 Å². The molecule has 9 nitrogen and oxygen atoms in total. The number of hydrogen-bond donors (Lipinski definition) is 5. The van der Waals surface area contributed by atoms with Crippen LogP contribution in [0.4, 0.5) is 0 Å². The van der Waals surface area contributed by atoms with Crippen LogP contribution < -0.4 is 11.3 Å². The van der Waals surface area contributed by atoms with E-state index in [4.69, 9.17) is 10.8 Å². The molecule has 2 aromatic heterocycles. The first-order valence-electron chi connectivity index (χ1n) is 8.88. The number of hydrogen-bond acceptors (Lipinski definition) is 6. The molecule has 3 atom stereocenters. The van der Waals surface area contributed by atoms with Crippen molar-refractivity contribution in [1.29, 1.82) is 0 Å². The van der Waals surface area contributed by atoms with Crippen molar-refractivity contribution in [2.24, 2.45) is 11.7 Å². The van der Waals surface area contributed by atoms with Crippen molar-refractivity contribution < 1.29 is 15.0 Å². The van der Waals surface area contributed by atoms with Gasteiger partial charge in [-0.3, -0.25) is 14.5 Å². The molecule has 0 amide bonds. The fourth-order valence-electron chi connectivity index (χ4n) is 3.61. The molecular weight excluding hydrogens is 338 g/mol. The van der Waals surface area contributed by atoms with Gasteiger partial charge >= 0.3 is 5.97 Å². The molecule has 26 heavy (non-hydrogen) atoms. The number of aromatic nitrogens is 3. The number of fused-ring (bicyclic) bond motifs is 1. The average Bonchev–Trinajstić information content (AvgIpc) is 3.16. The molecule has 2 aromatic rings. The largest absolute Gasteiger partial charge is 0.480 e. The summed E-state index contributed by atoms with van der Waals surface area (Å²) in [6, 6.07) is -0.808. The van der Waals surface area contributed by atoms with Gasteiger partial charge in [-0.1, -0.05) is 12.8 Å². The fourth-order valence-corrected chi connectivity index (χ4v) is 3.61. The van der Waals surface area contributed by atoms with Crippen LogP contribution in [-0.2, 0) is 11.3 Å². The van der Waals surface area contributed by atoms with Gasteiger partial charge in [0.15, 0.2) is 0 Å². The molecule has 0 radical (unpaired) electrons. The molecule has 0 saturated carbocycles. The predicted octanol–water partition coefficient (Wildman–Crippen LogP) is 0.0162. The predicted molar refractivity (Wildman–Crippen MR) is 95.6 cm³/mol. The van der Waals surface area contributed by atoms with E-state index < -0.39 is 18.1 Å². The Morgan fingerprint density at radius 3 is 2.96 bits per heavy atom. The summed E-state index contributed by atoms with van der Waals surface area (Å²) in [6.07, 6.45) is 5.68. The number of carboxylic acids is 1. The first-order valence-corrected chi connectivity index (χ1v) is 8.88. The maximum Gasteiger partial charge on any atom is 0.320 e. The van der Waals surface area contributed by atoms with Crippen LogP contribution in [0.3, 0.4) is 0 Å². The molecule has 1 saturated heterocycles. The molecule has 0 spiro atoms. The zero-order valence-electron chi connectivity index (χ0n) is 14.5. The quantitative estimate of drug-likeness (QED) is 0.415. The van der Waals surface area contributed by atoms with E-state index in [-0.39, 0.29) is 11.5 Å². The maximum absolute atomic E-state index is 11.7. The van der Waals surface area contributed by atoms with Crippen molar-refractivity contribution in [2.75, 3.05) is 13.1 Å². The number of nitrogens with two attached hydrogens (primary N) is 1. The molecule has 0 aromatic carbocycles. The van der Waals surface area contributed by atoms with Crippen molar-refractivity contribution in [3.63, 3.8) is 0 Å². The van der Waals surface area contributed by atoms with Crippen molar-refractivity contribution in [1.82, 2.24) is 19.9 Å². The average molecular weight is 363 g/mol. The summed E-state index contributed by atoms with van der Waals surface area (Å²) in [5, 5.41) is 19.1. The number of likely N-dealkylation sites (tertiary alicyclic amines) is 1. The number of rotatable bonds is 8. The number of carboxylic acid groups (broad SMARTS) is 1. The lowest BCUT2D eigenvalue weighted by Gasteiger charge is -2.15. The number of unbranched alkanes of at least 4 members (excludes halogenated alkanes) is 1. The van der Waals surface area contributed by atoms with E-state index in [2.05, 4.69) is 19.9 Å². The number of aliphatic hydroxyl groups is 1. The van der Waals surface area contributed by atoms with E-state index in [9.17, 15) is 14.7 Å². The Kier molecular flexibility index (Phi) is 5.70. The van der Waals surface area contributed by atoms with E-state index in [1.54, 1.807) is 6.20 Å². The topological polar surface area (TPSA) is 148 Å². The summed E-state index contributed by atoms with van der Waals surface area (Å²) in [5.41, 5.74) is 7.37. The van der Waals surface area contributed by atoms with Gasteiger partial charge in [0.2, 0.25) is 0 Å². The maximum atomic E-state index is 11.7. The van der Waals surface area contributed by atoms with Gasteiger partial charge < -0.3 is 25.9 Å². The van der Waals surface area contributed by atoms with E-state index >= 15 is 0 Å². The summed E-state index contributed by atoms with van der Waals surface area (Å²) < 4.78 is 0. The lowest BCUT2D eigenvalue weighted by molar-refractivity contribution is -0.138. The Labute approximate surface area is 150 Å². The number of aliphatic hydroxyl groups excluding tert-OH is 1. The molecule has 142 valence electrons. The van der Waals surface area contributed by atoms with Crippen LogP contribution >= 0.6 is 0 Å². The number of H-pyrrole nitrogens is 2. The second-order valence-electron chi connectivity index (χ2n) is 7.02. The number of aliphatic carboxylic acids is 1. The Hall–Kier alpha value is -2.23. The first-order chi connectivity index (χ1) is 12.5. The van der Waals surface area contributed by atoms with Crippen LogP contribution in [0, 0.1) is 5.92 Å². The highest BCUT2D eigenvalue weighted by atomic mass is 16.4. The van der Waals surface area contributed by atoms with Gasteiger partial charge in [-0.2, -0.15) is 0 Å². The third-order valence-corrected chi connectivity index (χ3v) is 5.08. The van der Waals surface area contributed by atoms with Crippen LogP contribution in [0.25, 0.3) is 11.0 Å². The molecule has 3 rings (SSSR count). The number of nitrogens with one attached hydrogen (secondary N) is 2. The van der Waals surface area contributed by atoms with Crippen LogP contribution in [0.5, 0.6) is 0 Å². The highest BCUT2D eigenvalue weighted by molar-refractivity contribution is 5.77. The van der Waals surface area contributed by atoms with Crippen molar-refractivity contribution >= 4 is 17.0 Å². The zero-order chi connectivity index (χ0) is 18.7. The lowest BCUT2D eigenvalue weighted by Crippen LogP contribution is -2.29. The highest BCUT2D eigenvalue weighted by Crippen LogP contribution is 2.25. The molecule has 9 heteroatoms. The van der Waals surface area contributed by atoms with Crippen LogP contribution in [-0.4, -0.2) is 61.3 Å². The number of carbonyl (C=O) groups is 1. The smallest absolute Gasteiger partial charge is 0.320 e. The molecule has 0 bridgehead atoms. The van der Waals surface area contributed by atoms with E-state index in [0.29, 0.717) is 30.5 Å². The minimum absolute atomic E-state index is 0.164. The molecular formula is C17H25N5O4. The number of nitrogens with zero attached hydrogens (tertiary/aromatic N) is 2.